The van der Waals surface area contributed by atoms with Gasteiger partial charge in [-0.3, -0.25) is 10.2 Å². The van der Waals surface area contributed by atoms with Crippen LogP contribution < -0.4 is 25.1 Å². The van der Waals surface area contributed by atoms with E-state index in [1.165, 1.54) is 0 Å². The van der Waals surface area contributed by atoms with Crippen molar-refractivity contribution in [2.24, 2.45) is 10.1 Å². The Hall–Kier alpha value is -5.55. The fourth-order valence-electron chi connectivity index (χ4n) is 5.47. The molecule has 0 aromatic heterocycles. The number of rotatable bonds is 16. The maximum Gasteiger partial charge on any atom is 0.266 e. The van der Waals surface area contributed by atoms with E-state index in [2.05, 4.69) is 20.9 Å². The molecule has 0 fully saturated rings. The van der Waals surface area contributed by atoms with Crippen LogP contribution in [0.3, 0.4) is 0 Å². The summed E-state index contributed by atoms with van der Waals surface area (Å²) in [6.07, 6.45) is 0.311. The Morgan fingerprint density at radius 1 is 0.979 bits per heavy atom. The van der Waals surface area contributed by atoms with Crippen LogP contribution in [0, 0.1) is 0 Å². The lowest BCUT2D eigenvalue weighted by molar-refractivity contribution is -0.130. The number of hydrogen-bond donors (Lipinski definition) is 3. The molecule has 0 aliphatic carbocycles. The normalized spacial score (nSPS) is 16.6. The molecule has 1 aliphatic rings. The van der Waals surface area contributed by atoms with E-state index in [-0.39, 0.29) is 18.9 Å². The molecule has 3 N–H and O–H groups in total. The van der Waals surface area contributed by atoms with Gasteiger partial charge in [-0.05, 0) is 77.2 Å². The summed E-state index contributed by atoms with van der Waals surface area (Å²) in [7, 11) is 3.19. The van der Waals surface area contributed by atoms with Gasteiger partial charge in [-0.25, -0.2) is 10.4 Å². The molecule has 4 aromatic carbocycles. The molecule has 1 amide bonds. The van der Waals surface area contributed by atoms with Crippen molar-refractivity contribution >= 4 is 17.5 Å². The van der Waals surface area contributed by atoms with Gasteiger partial charge in [0.05, 0.1) is 20.8 Å². The molecule has 0 spiro atoms. The molecule has 5 rings (SSSR count). The van der Waals surface area contributed by atoms with Crippen LogP contribution in [0.2, 0.25) is 0 Å². The second kappa shape index (κ2) is 16.3. The highest BCUT2D eigenvalue weighted by Crippen LogP contribution is 2.44. The Morgan fingerprint density at radius 2 is 1.73 bits per heavy atom. The Morgan fingerprint density at radius 3 is 2.48 bits per heavy atom. The van der Waals surface area contributed by atoms with Gasteiger partial charge in [-0.1, -0.05) is 53.6 Å². The fraction of sp³-hybridized carbons (Fsp3) is 0.278. The molecule has 4 aromatic rings. The second-order valence-electron chi connectivity index (χ2n) is 11.0. The highest BCUT2D eigenvalue weighted by Gasteiger charge is 2.53. The zero-order valence-electron chi connectivity index (χ0n) is 26.8. The van der Waals surface area contributed by atoms with Crippen molar-refractivity contribution in [3.8, 4) is 17.2 Å². The summed E-state index contributed by atoms with van der Waals surface area (Å²) < 4.78 is 23.1. The Kier molecular flexibility index (Phi) is 11.5. The van der Waals surface area contributed by atoms with Crippen LogP contribution in [-0.4, -0.2) is 56.4 Å². The minimum absolute atomic E-state index is 0.0389. The van der Waals surface area contributed by atoms with Gasteiger partial charge in [0.15, 0.2) is 11.6 Å². The Balaban J connectivity index is 1.52. The van der Waals surface area contributed by atoms with E-state index in [0.717, 1.165) is 11.3 Å². The second-order valence-corrected chi connectivity index (χ2v) is 11.0. The number of carbonyl (C=O) groups excluding carboxylic acids is 1. The number of nitrogens with one attached hydrogen (secondary N) is 2. The minimum Gasteiger partial charge on any atom is -0.497 e. The van der Waals surface area contributed by atoms with Crippen molar-refractivity contribution in [2.45, 2.75) is 30.9 Å². The third-order valence-electron chi connectivity index (χ3n) is 7.91. The smallest absolute Gasteiger partial charge is 0.266 e. The first-order valence-electron chi connectivity index (χ1n) is 15.5. The minimum atomic E-state index is -1.54. The molecule has 0 unspecified atom stereocenters. The lowest BCUT2D eigenvalue weighted by Crippen LogP contribution is -2.54. The number of methoxy groups -OCH3 is 2. The van der Waals surface area contributed by atoms with E-state index in [1.807, 2.05) is 72.8 Å². The van der Waals surface area contributed by atoms with E-state index in [1.54, 1.807) is 38.5 Å². The van der Waals surface area contributed by atoms with Crippen molar-refractivity contribution in [1.82, 2.24) is 10.9 Å². The van der Waals surface area contributed by atoms with E-state index < -0.39 is 17.6 Å². The topological polar surface area (TPSA) is 159 Å². The highest BCUT2D eigenvalue weighted by atomic mass is 16.5. The number of azide groups is 1. The highest BCUT2D eigenvalue weighted by molar-refractivity contribution is 6.01. The number of aliphatic imine (C=N–C) groups is 1. The van der Waals surface area contributed by atoms with Crippen LogP contribution in [0.15, 0.2) is 107 Å². The molecule has 48 heavy (non-hydrogen) atoms. The monoisotopic (exact) mass is 650 g/mol. The summed E-state index contributed by atoms with van der Waals surface area (Å²) in [5, 5.41) is 13.0. The van der Waals surface area contributed by atoms with Crippen LogP contribution >= 0.6 is 0 Å². The molecular formula is C36H38N6O6. The van der Waals surface area contributed by atoms with Crippen LogP contribution in [-0.2, 0) is 22.4 Å². The van der Waals surface area contributed by atoms with Crippen molar-refractivity contribution in [3.05, 3.63) is 130 Å². The number of ether oxygens (including phenoxy) is 4. The summed E-state index contributed by atoms with van der Waals surface area (Å²) in [5.74, 6) is 1.80. The molecule has 12 heteroatoms. The van der Waals surface area contributed by atoms with Gasteiger partial charge in [-0.15, -0.1) is 0 Å². The Labute approximate surface area is 278 Å². The molecule has 0 radical (unpaired) electrons. The Bertz CT molecular complexity index is 1780. The first-order valence-corrected chi connectivity index (χ1v) is 15.5. The van der Waals surface area contributed by atoms with Crippen LogP contribution in [0.25, 0.3) is 10.4 Å². The predicted molar refractivity (Wildman–Crippen MR) is 182 cm³/mol. The standard InChI is InChI=1S/C36H38N6O6/c1-45-30-11-5-8-25(22-30)18-19-38-41-35(44)36(24-28-9-3-4-13-32(28)40-42-37)33(27-10-6-12-31(23-27)46-2)48-34(39-36)26-14-16-29(17-15-26)47-21-7-20-43/h3-6,8-17,22-23,33,38,43H,7,18-21,24H2,1-2H3,(H,41,44)/t33-,36-/m0/s1. The average Bonchev–Trinajstić information content (AvgIpc) is 3.52. The van der Waals surface area contributed by atoms with Gasteiger partial charge < -0.3 is 24.1 Å². The van der Waals surface area contributed by atoms with E-state index >= 15 is 0 Å². The van der Waals surface area contributed by atoms with Crippen molar-refractivity contribution < 1.29 is 28.8 Å². The maximum absolute atomic E-state index is 14.5. The first kappa shape index (κ1) is 33.8. The SMILES string of the molecule is COc1cccc(CCNNC(=O)[C@@]2(Cc3ccccc3N=[N+]=[N-])N=C(c3ccc(OCCCO)cc3)O[C@H]2c2cccc(OC)c2)c1. The van der Waals surface area contributed by atoms with E-state index in [4.69, 9.17) is 29.0 Å². The number of amides is 1. The molecule has 1 heterocycles. The quantitative estimate of drug-likeness (QED) is 0.0456. The lowest BCUT2D eigenvalue weighted by atomic mass is 9.81. The van der Waals surface area contributed by atoms with Crippen LogP contribution in [0.1, 0.15) is 34.8 Å². The van der Waals surface area contributed by atoms with Crippen LogP contribution in [0.5, 0.6) is 17.2 Å². The summed E-state index contributed by atoms with van der Waals surface area (Å²) in [6, 6.07) is 29.3. The summed E-state index contributed by atoms with van der Waals surface area (Å²) in [5.41, 5.74) is 17.1. The largest absolute Gasteiger partial charge is 0.497 e. The molecular weight excluding hydrogens is 612 g/mol. The van der Waals surface area contributed by atoms with Crippen molar-refractivity contribution in [1.29, 1.82) is 0 Å². The molecule has 0 bridgehead atoms. The molecule has 2 atom stereocenters. The number of hydrazine groups is 1. The number of hydrogen-bond acceptors (Lipinski definition) is 9. The third-order valence-corrected chi connectivity index (χ3v) is 7.91. The number of carbonyl (C=O) groups is 1. The number of aliphatic hydroxyl groups is 1. The number of benzene rings is 4. The predicted octanol–water partition coefficient (Wildman–Crippen LogP) is 5.77. The summed E-state index contributed by atoms with van der Waals surface area (Å²) in [4.78, 5) is 22.6. The summed E-state index contributed by atoms with van der Waals surface area (Å²) >= 11 is 0. The zero-order chi connectivity index (χ0) is 33.8. The number of aliphatic hydroxyl groups excluding tert-OH is 1. The number of nitrogens with zero attached hydrogens (tertiary/aromatic N) is 4. The molecule has 1 aliphatic heterocycles. The van der Waals surface area contributed by atoms with E-state index in [9.17, 15) is 10.3 Å². The summed E-state index contributed by atoms with van der Waals surface area (Å²) in [6.45, 7) is 0.852. The lowest BCUT2D eigenvalue weighted by Gasteiger charge is -2.31. The molecule has 12 nitrogen and oxygen atoms in total. The molecule has 0 saturated carbocycles. The van der Waals surface area contributed by atoms with Gasteiger partial charge in [-0.2, -0.15) is 0 Å². The first-order chi connectivity index (χ1) is 23.5. The van der Waals surface area contributed by atoms with E-state index in [0.29, 0.717) is 59.9 Å². The average molecular weight is 651 g/mol. The van der Waals surface area contributed by atoms with Crippen molar-refractivity contribution in [3.63, 3.8) is 0 Å². The van der Waals surface area contributed by atoms with Gasteiger partial charge >= 0.3 is 0 Å². The van der Waals surface area contributed by atoms with Crippen molar-refractivity contribution in [2.75, 3.05) is 34.0 Å². The maximum atomic E-state index is 14.5. The third kappa shape index (κ3) is 8.05. The van der Waals surface area contributed by atoms with Gasteiger partial charge in [0.25, 0.3) is 5.91 Å². The zero-order valence-corrected chi connectivity index (χ0v) is 26.8. The van der Waals surface area contributed by atoms with Gasteiger partial charge in [0, 0.05) is 42.2 Å². The molecule has 0 saturated heterocycles. The van der Waals surface area contributed by atoms with Gasteiger partial charge in [0.1, 0.15) is 17.2 Å². The van der Waals surface area contributed by atoms with Gasteiger partial charge in [0.2, 0.25) is 5.90 Å². The molecule has 248 valence electrons. The fourth-order valence-corrected chi connectivity index (χ4v) is 5.47. The van der Waals surface area contributed by atoms with Crippen LogP contribution in [0.4, 0.5) is 5.69 Å².